The second kappa shape index (κ2) is 8.40. The second-order valence-corrected chi connectivity index (χ2v) is 8.33. The number of fused-ring (bicyclic) bond motifs is 4. The third kappa shape index (κ3) is 3.28. The van der Waals surface area contributed by atoms with E-state index in [1.54, 1.807) is 28.4 Å². The minimum atomic E-state index is 0.144. The monoisotopic (exact) mass is 431 g/mol. The maximum Gasteiger partial charge on any atom is 0.161 e. The zero-order valence-electron chi connectivity index (χ0n) is 19.1. The summed E-state index contributed by atoms with van der Waals surface area (Å²) in [6.45, 7) is 0.973. The van der Waals surface area contributed by atoms with Crippen molar-refractivity contribution in [2.45, 2.75) is 24.9 Å². The molecule has 3 aromatic rings. The van der Waals surface area contributed by atoms with Gasteiger partial charge in [0.2, 0.25) is 0 Å². The van der Waals surface area contributed by atoms with Gasteiger partial charge in [0.1, 0.15) is 0 Å². The highest BCUT2D eigenvalue weighted by Crippen LogP contribution is 2.50. The molecule has 2 aliphatic rings. The van der Waals surface area contributed by atoms with Crippen LogP contribution < -0.4 is 18.9 Å². The standard InChI is InChI=1S/C27H29NO4/c1-29-23-13-18-10-11-28-22(20(18)15-25(23)31-3)12-19-14-24(30-2)26(32-4)16-21(19)27(28)17-8-6-5-7-9-17/h5-9,13-16,22,27H,10-12H2,1-4H3/t22-,27-/m0/s1. The summed E-state index contributed by atoms with van der Waals surface area (Å²) in [4.78, 5) is 2.62. The molecule has 0 spiro atoms. The van der Waals surface area contributed by atoms with Crippen molar-refractivity contribution in [1.82, 2.24) is 4.90 Å². The van der Waals surface area contributed by atoms with Crippen LogP contribution in [-0.2, 0) is 12.8 Å². The summed E-state index contributed by atoms with van der Waals surface area (Å²) in [6.07, 6.45) is 1.87. The van der Waals surface area contributed by atoms with Crippen molar-refractivity contribution in [2.24, 2.45) is 0 Å². The summed E-state index contributed by atoms with van der Waals surface area (Å²) >= 11 is 0. The van der Waals surface area contributed by atoms with Gasteiger partial charge < -0.3 is 18.9 Å². The highest BCUT2D eigenvalue weighted by Gasteiger charge is 2.40. The van der Waals surface area contributed by atoms with Gasteiger partial charge in [-0.1, -0.05) is 30.3 Å². The van der Waals surface area contributed by atoms with Crippen molar-refractivity contribution in [3.8, 4) is 23.0 Å². The van der Waals surface area contributed by atoms with E-state index in [0.29, 0.717) is 0 Å². The quantitative estimate of drug-likeness (QED) is 0.571. The molecule has 0 amide bonds. The van der Waals surface area contributed by atoms with Gasteiger partial charge in [0, 0.05) is 12.6 Å². The fourth-order valence-corrected chi connectivity index (χ4v) is 5.35. The molecule has 32 heavy (non-hydrogen) atoms. The maximum atomic E-state index is 5.66. The highest BCUT2D eigenvalue weighted by atomic mass is 16.5. The Kier molecular flexibility index (Phi) is 5.43. The molecule has 3 aromatic carbocycles. The number of methoxy groups -OCH3 is 4. The van der Waals surface area contributed by atoms with E-state index in [1.165, 1.54) is 27.8 Å². The van der Waals surface area contributed by atoms with Crippen molar-refractivity contribution in [3.63, 3.8) is 0 Å². The molecule has 0 saturated carbocycles. The van der Waals surface area contributed by atoms with Crippen molar-refractivity contribution in [1.29, 1.82) is 0 Å². The molecule has 0 N–H and O–H groups in total. The van der Waals surface area contributed by atoms with Gasteiger partial charge in [-0.3, -0.25) is 4.90 Å². The van der Waals surface area contributed by atoms with Crippen LogP contribution in [0.5, 0.6) is 23.0 Å². The molecule has 5 rings (SSSR count). The Balaban J connectivity index is 1.69. The summed E-state index contributed by atoms with van der Waals surface area (Å²) in [7, 11) is 6.79. The molecular weight excluding hydrogens is 402 g/mol. The Morgan fingerprint density at radius 1 is 0.688 bits per heavy atom. The second-order valence-electron chi connectivity index (χ2n) is 8.33. The third-order valence-corrected chi connectivity index (χ3v) is 6.84. The first-order valence-electron chi connectivity index (χ1n) is 11.0. The first kappa shape index (κ1) is 20.7. The van der Waals surface area contributed by atoms with Gasteiger partial charge in [-0.15, -0.1) is 0 Å². The summed E-state index contributed by atoms with van der Waals surface area (Å²) in [5, 5.41) is 0. The maximum absolute atomic E-state index is 5.66. The minimum absolute atomic E-state index is 0.144. The molecule has 0 aliphatic carbocycles. The molecule has 5 nitrogen and oxygen atoms in total. The largest absolute Gasteiger partial charge is 0.493 e. The molecule has 2 aliphatic heterocycles. The molecule has 0 saturated heterocycles. The van der Waals surface area contributed by atoms with Crippen LogP contribution in [0.1, 0.15) is 39.9 Å². The van der Waals surface area contributed by atoms with Gasteiger partial charge >= 0.3 is 0 Å². The molecule has 0 radical (unpaired) electrons. The van der Waals surface area contributed by atoms with Gasteiger partial charge in [-0.25, -0.2) is 0 Å². The van der Waals surface area contributed by atoms with Gasteiger partial charge in [-0.2, -0.15) is 0 Å². The molecule has 0 fully saturated rings. The lowest BCUT2D eigenvalue weighted by molar-refractivity contribution is 0.128. The molecule has 5 heteroatoms. The minimum Gasteiger partial charge on any atom is -0.493 e. The Morgan fingerprint density at radius 3 is 1.88 bits per heavy atom. The molecule has 0 bridgehead atoms. The first-order valence-corrected chi connectivity index (χ1v) is 11.0. The summed E-state index contributed by atoms with van der Waals surface area (Å²) in [5.41, 5.74) is 6.51. The first-order chi connectivity index (χ1) is 15.7. The number of hydrogen-bond acceptors (Lipinski definition) is 5. The average Bonchev–Trinajstić information content (AvgIpc) is 2.85. The summed E-state index contributed by atoms with van der Waals surface area (Å²) < 4.78 is 22.5. The van der Waals surface area contributed by atoms with Crippen molar-refractivity contribution >= 4 is 0 Å². The SMILES string of the molecule is COc1cc2c(cc1OC)[C@H](c1ccccc1)N1CCc3cc(OC)c(OC)cc3[C@@H]1C2. The van der Waals surface area contributed by atoms with Gasteiger partial charge in [0.15, 0.2) is 23.0 Å². The van der Waals surface area contributed by atoms with Crippen LogP contribution in [-0.4, -0.2) is 39.9 Å². The molecule has 2 atom stereocenters. The lowest BCUT2D eigenvalue weighted by Crippen LogP contribution is -2.43. The van der Waals surface area contributed by atoms with E-state index in [1.807, 2.05) is 0 Å². The zero-order valence-corrected chi connectivity index (χ0v) is 19.1. The Morgan fingerprint density at radius 2 is 1.25 bits per heavy atom. The smallest absolute Gasteiger partial charge is 0.161 e. The van der Waals surface area contributed by atoms with Crippen LogP contribution >= 0.6 is 0 Å². The van der Waals surface area contributed by atoms with Gasteiger partial charge in [0.25, 0.3) is 0 Å². The molecule has 0 aromatic heterocycles. The van der Waals surface area contributed by atoms with Crippen LogP contribution in [0, 0.1) is 0 Å². The van der Waals surface area contributed by atoms with E-state index in [0.717, 1.165) is 42.4 Å². The van der Waals surface area contributed by atoms with E-state index in [9.17, 15) is 0 Å². The molecule has 166 valence electrons. The Hall–Kier alpha value is -3.18. The van der Waals surface area contributed by atoms with Crippen molar-refractivity contribution in [2.75, 3.05) is 35.0 Å². The predicted octanol–water partition coefficient (Wildman–Crippen LogP) is 4.97. The number of hydrogen-bond donors (Lipinski definition) is 0. The van der Waals surface area contributed by atoms with E-state index in [4.69, 9.17) is 18.9 Å². The molecule has 0 unspecified atom stereocenters. The number of nitrogens with zero attached hydrogens (tertiary/aromatic N) is 1. The van der Waals surface area contributed by atoms with Crippen LogP contribution in [0.15, 0.2) is 54.6 Å². The predicted molar refractivity (Wildman–Crippen MR) is 124 cm³/mol. The fraction of sp³-hybridized carbons (Fsp3) is 0.333. The summed E-state index contributed by atoms with van der Waals surface area (Å²) in [5.74, 6) is 3.12. The third-order valence-electron chi connectivity index (χ3n) is 6.84. The number of ether oxygens (including phenoxy) is 4. The zero-order chi connectivity index (χ0) is 22.2. The van der Waals surface area contributed by atoms with Crippen molar-refractivity contribution < 1.29 is 18.9 Å². The van der Waals surface area contributed by atoms with Gasteiger partial charge in [0.05, 0.1) is 34.5 Å². The van der Waals surface area contributed by atoms with Crippen LogP contribution in [0.25, 0.3) is 0 Å². The molecular formula is C27H29NO4. The van der Waals surface area contributed by atoms with E-state index in [-0.39, 0.29) is 12.1 Å². The number of rotatable bonds is 5. The topological polar surface area (TPSA) is 40.2 Å². The van der Waals surface area contributed by atoms with Gasteiger partial charge in [-0.05, 0) is 64.9 Å². The van der Waals surface area contributed by atoms with Crippen molar-refractivity contribution in [3.05, 3.63) is 82.4 Å². The van der Waals surface area contributed by atoms with E-state index >= 15 is 0 Å². The highest BCUT2D eigenvalue weighted by molar-refractivity contribution is 5.55. The summed E-state index contributed by atoms with van der Waals surface area (Å²) in [6, 6.07) is 19.8. The van der Waals surface area contributed by atoms with E-state index in [2.05, 4.69) is 59.5 Å². The normalized spacial score (nSPS) is 19.4. The Labute approximate surface area is 189 Å². The van der Waals surface area contributed by atoms with Crippen LogP contribution in [0.3, 0.4) is 0 Å². The average molecular weight is 432 g/mol. The fourth-order valence-electron chi connectivity index (χ4n) is 5.35. The van der Waals surface area contributed by atoms with Crippen LogP contribution in [0.2, 0.25) is 0 Å². The number of benzene rings is 3. The lowest BCUT2D eigenvalue weighted by Gasteiger charge is -2.47. The van der Waals surface area contributed by atoms with Crippen LogP contribution in [0.4, 0.5) is 0 Å². The lowest BCUT2D eigenvalue weighted by atomic mass is 9.78. The Bertz CT molecular complexity index is 1130. The van der Waals surface area contributed by atoms with E-state index < -0.39 is 0 Å². The molecule has 2 heterocycles.